The normalized spacial score (nSPS) is 14.5. The fraction of sp³-hybridized carbons (Fsp3) is 0.565. The van der Waals surface area contributed by atoms with Crippen molar-refractivity contribution in [1.82, 2.24) is 15.0 Å². The molecule has 0 aliphatic carbocycles. The number of nitrogens with zero attached hydrogens (tertiary/aromatic N) is 4. The number of rotatable bonds is 11. The number of pyridine rings is 1. The first-order chi connectivity index (χ1) is 15.1. The van der Waals surface area contributed by atoms with Crippen molar-refractivity contribution in [1.29, 1.82) is 0 Å². The summed E-state index contributed by atoms with van der Waals surface area (Å²) >= 11 is 5.86. The summed E-state index contributed by atoms with van der Waals surface area (Å²) in [6.07, 6.45) is 11.5. The Hall–Kier alpha value is -2.41. The van der Waals surface area contributed by atoms with E-state index >= 15 is 0 Å². The van der Waals surface area contributed by atoms with Crippen LogP contribution in [0.4, 0.5) is 5.95 Å². The van der Waals surface area contributed by atoms with E-state index < -0.39 is 0 Å². The number of carbonyl (C=O) groups excluding carboxylic acids is 1. The molecule has 0 bridgehead atoms. The minimum atomic E-state index is -0.211. The number of hydrogen-bond donors (Lipinski definition) is 0. The molecule has 8 heteroatoms. The number of aromatic nitrogens is 3. The molecular formula is C23H31ClN4O3. The first-order valence-corrected chi connectivity index (χ1v) is 11.5. The molecule has 0 aromatic carbocycles. The van der Waals surface area contributed by atoms with Crippen molar-refractivity contribution in [2.45, 2.75) is 51.9 Å². The molecule has 1 saturated heterocycles. The monoisotopic (exact) mass is 446 g/mol. The fourth-order valence-electron chi connectivity index (χ4n) is 3.59. The molecule has 3 heterocycles. The summed E-state index contributed by atoms with van der Waals surface area (Å²) in [6.45, 7) is 5.13. The molecule has 0 N–H and O–H groups in total. The maximum Gasteiger partial charge on any atom is 0.310 e. The van der Waals surface area contributed by atoms with Gasteiger partial charge >= 0.3 is 5.97 Å². The second-order valence-corrected chi connectivity index (χ2v) is 8.31. The molecule has 0 spiro atoms. The number of esters is 1. The van der Waals surface area contributed by atoms with Crippen LogP contribution < -0.4 is 9.64 Å². The Morgan fingerprint density at radius 2 is 1.87 bits per heavy atom. The van der Waals surface area contributed by atoms with Crippen LogP contribution in [0.2, 0.25) is 5.02 Å². The molecule has 31 heavy (non-hydrogen) atoms. The average Bonchev–Trinajstić information content (AvgIpc) is 2.79. The van der Waals surface area contributed by atoms with Gasteiger partial charge in [0.15, 0.2) is 0 Å². The SMILES string of the molecule is CCCCOC(=O)Cc1ccc(OCCCC2CCN(c3ncc(Cl)cn3)CC2)nc1. The Bertz CT molecular complexity index is 793. The average molecular weight is 447 g/mol. The topological polar surface area (TPSA) is 77.4 Å². The molecule has 1 fully saturated rings. The molecule has 0 radical (unpaired) electrons. The number of piperidine rings is 1. The highest BCUT2D eigenvalue weighted by atomic mass is 35.5. The lowest BCUT2D eigenvalue weighted by Gasteiger charge is -2.31. The van der Waals surface area contributed by atoms with E-state index in [1.54, 1.807) is 18.6 Å². The molecule has 7 nitrogen and oxygen atoms in total. The maximum atomic E-state index is 11.8. The smallest absolute Gasteiger partial charge is 0.310 e. The molecule has 0 saturated carbocycles. The molecule has 2 aromatic heterocycles. The van der Waals surface area contributed by atoms with Gasteiger partial charge in [-0.25, -0.2) is 15.0 Å². The van der Waals surface area contributed by atoms with Crippen molar-refractivity contribution in [2.24, 2.45) is 5.92 Å². The van der Waals surface area contributed by atoms with E-state index in [0.717, 1.165) is 63.1 Å². The van der Waals surface area contributed by atoms with Gasteiger partial charge in [-0.05, 0) is 43.6 Å². The first-order valence-electron chi connectivity index (χ1n) is 11.1. The van der Waals surface area contributed by atoms with Gasteiger partial charge in [-0.2, -0.15) is 0 Å². The molecular weight excluding hydrogens is 416 g/mol. The Morgan fingerprint density at radius 1 is 1.10 bits per heavy atom. The van der Waals surface area contributed by atoms with E-state index in [-0.39, 0.29) is 12.4 Å². The number of halogens is 1. The van der Waals surface area contributed by atoms with Gasteiger partial charge in [-0.1, -0.05) is 31.0 Å². The second kappa shape index (κ2) is 12.4. The zero-order valence-electron chi connectivity index (χ0n) is 18.1. The highest BCUT2D eigenvalue weighted by Crippen LogP contribution is 2.24. The summed E-state index contributed by atoms with van der Waals surface area (Å²) in [7, 11) is 0. The van der Waals surface area contributed by atoms with Crippen LogP contribution in [0, 0.1) is 5.92 Å². The number of unbranched alkanes of at least 4 members (excludes halogenated alkanes) is 1. The summed E-state index contributed by atoms with van der Waals surface area (Å²) in [5, 5.41) is 0.563. The van der Waals surface area contributed by atoms with Crippen molar-refractivity contribution in [3.63, 3.8) is 0 Å². The summed E-state index contributed by atoms with van der Waals surface area (Å²) in [5.41, 5.74) is 0.838. The van der Waals surface area contributed by atoms with Gasteiger partial charge in [-0.3, -0.25) is 4.79 Å². The van der Waals surface area contributed by atoms with E-state index in [4.69, 9.17) is 21.1 Å². The van der Waals surface area contributed by atoms with Crippen LogP contribution >= 0.6 is 11.6 Å². The summed E-state index contributed by atoms with van der Waals surface area (Å²) in [4.78, 5) is 26.9. The minimum Gasteiger partial charge on any atom is -0.478 e. The highest BCUT2D eigenvalue weighted by Gasteiger charge is 2.20. The van der Waals surface area contributed by atoms with Crippen molar-refractivity contribution in [3.05, 3.63) is 41.3 Å². The Morgan fingerprint density at radius 3 is 2.55 bits per heavy atom. The molecule has 2 aromatic rings. The molecule has 0 atom stereocenters. The van der Waals surface area contributed by atoms with Gasteiger partial charge < -0.3 is 14.4 Å². The standard InChI is InChI=1S/C23H31ClN4O3/c1-2-3-12-31-22(29)14-19-6-7-21(25-15-19)30-13-4-5-18-8-10-28(11-9-18)23-26-16-20(24)17-27-23/h6-7,15-18H,2-5,8-14H2,1H3. The van der Waals surface area contributed by atoms with Crippen molar-refractivity contribution in [2.75, 3.05) is 31.2 Å². The fourth-order valence-corrected chi connectivity index (χ4v) is 3.69. The van der Waals surface area contributed by atoms with Crippen LogP contribution in [0.5, 0.6) is 5.88 Å². The zero-order chi connectivity index (χ0) is 21.9. The van der Waals surface area contributed by atoms with Crippen LogP contribution in [0.15, 0.2) is 30.7 Å². The third kappa shape index (κ3) is 7.98. The molecule has 0 unspecified atom stereocenters. The van der Waals surface area contributed by atoms with Crippen LogP contribution in [0.3, 0.4) is 0 Å². The molecule has 3 rings (SSSR count). The van der Waals surface area contributed by atoms with E-state index in [1.165, 1.54) is 0 Å². The first kappa shape index (κ1) is 23.3. The minimum absolute atomic E-state index is 0.211. The summed E-state index contributed by atoms with van der Waals surface area (Å²) in [6, 6.07) is 3.69. The number of anilines is 1. The van der Waals surface area contributed by atoms with Crippen LogP contribution in [0.1, 0.15) is 51.0 Å². The van der Waals surface area contributed by atoms with Crippen LogP contribution in [-0.2, 0) is 16.0 Å². The van der Waals surface area contributed by atoms with Gasteiger partial charge in [0.05, 0.1) is 37.1 Å². The lowest BCUT2D eigenvalue weighted by Crippen LogP contribution is -2.34. The largest absolute Gasteiger partial charge is 0.478 e. The predicted octanol–water partition coefficient (Wildman–Crippen LogP) is 4.49. The van der Waals surface area contributed by atoms with Crippen molar-refractivity contribution >= 4 is 23.5 Å². The predicted molar refractivity (Wildman–Crippen MR) is 121 cm³/mol. The quantitative estimate of drug-likeness (QED) is 0.371. The third-order valence-electron chi connectivity index (χ3n) is 5.42. The molecule has 1 aliphatic heterocycles. The number of hydrogen-bond acceptors (Lipinski definition) is 7. The highest BCUT2D eigenvalue weighted by molar-refractivity contribution is 6.30. The van der Waals surface area contributed by atoms with Gasteiger partial charge in [0.1, 0.15) is 0 Å². The van der Waals surface area contributed by atoms with Crippen molar-refractivity contribution < 1.29 is 14.3 Å². The molecule has 1 aliphatic rings. The van der Waals surface area contributed by atoms with Gasteiger partial charge in [-0.15, -0.1) is 0 Å². The molecule has 0 amide bonds. The third-order valence-corrected chi connectivity index (χ3v) is 5.61. The Balaban J connectivity index is 1.29. The van der Waals surface area contributed by atoms with E-state index in [1.807, 2.05) is 12.1 Å². The van der Waals surface area contributed by atoms with E-state index in [2.05, 4.69) is 26.8 Å². The number of ether oxygens (including phenoxy) is 2. The number of carbonyl (C=O) groups is 1. The molecule has 168 valence electrons. The van der Waals surface area contributed by atoms with Gasteiger partial charge in [0, 0.05) is 25.4 Å². The Labute approximate surface area is 189 Å². The van der Waals surface area contributed by atoms with Crippen molar-refractivity contribution in [3.8, 4) is 5.88 Å². The van der Waals surface area contributed by atoms with Gasteiger partial charge in [0.25, 0.3) is 0 Å². The van der Waals surface area contributed by atoms with E-state index in [9.17, 15) is 4.79 Å². The summed E-state index contributed by atoms with van der Waals surface area (Å²) < 4.78 is 10.9. The van der Waals surface area contributed by atoms with Gasteiger partial charge in [0.2, 0.25) is 11.8 Å². The lowest BCUT2D eigenvalue weighted by atomic mass is 9.92. The lowest BCUT2D eigenvalue weighted by molar-refractivity contribution is -0.142. The van der Waals surface area contributed by atoms with E-state index in [0.29, 0.717) is 30.0 Å². The second-order valence-electron chi connectivity index (χ2n) is 7.88. The maximum absolute atomic E-state index is 11.8. The van der Waals surface area contributed by atoms with Crippen LogP contribution in [-0.4, -0.2) is 47.2 Å². The van der Waals surface area contributed by atoms with Crippen LogP contribution in [0.25, 0.3) is 0 Å². The zero-order valence-corrected chi connectivity index (χ0v) is 18.9. The Kier molecular flexibility index (Phi) is 9.34. The summed E-state index contributed by atoms with van der Waals surface area (Å²) in [5.74, 6) is 1.84.